The van der Waals surface area contributed by atoms with E-state index >= 15 is 0 Å². The first-order valence-corrected chi connectivity index (χ1v) is 6.12. The van der Waals surface area contributed by atoms with Gasteiger partial charge in [0.2, 0.25) is 5.88 Å². The summed E-state index contributed by atoms with van der Waals surface area (Å²) in [4.78, 5) is 16.2. The maximum atomic E-state index is 11.9. The number of carbonyl (C=O) groups is 1. The first-order valence-electron chi connectivity index (χ1n) is 6.12. The van der Waals surface area contributed by atoms with Crippen molar-refractivity contribution in [3.05, 3.63) is 41.5 Å². The van der Waals surface area contributed by atoms with Crippen molar-refractivity contribution in [3.8, 4) is 11.6 Å². The minimum Gasteiger partial charge on any atom is -0.496 e. The largest absolute Gasteiger partial charge is 0.496 e. The summed E-state index contributed by atoms with van der Waals surface area (Å²) in [7, 11) is 4.24. The van der Waals surface area contributed by atoms with Gasteiger partial charge in [0.1, 0.15) is 17.1 Å². The van der Waals surface area contributed by atoms with Crippen molar-refractivity contribution in [1.82, 2.24) is 4.98 Å². The summed E-state index contributed by atoms with van der Waals surface area (Å²) in [5, 5.41) is 0. The second kappa shape index (κ2) is 6.60. The Morgan fingerprint density at radius 1 is 1.24 bits per heavy atom. The Kier molecular flexibility index (Phi) is 4.61. The lowest BCUT2D eigenvalue weighted by atomic mass is 10.1. The third kappa shape index (κ3) is 3.22. The fourth-order valence-corrected chi connectivity index (χ4v) is 1.76. The molecule has 21 heavy (non-hydrogen) atoms. The average Bonchev–Trinajstić information content (AvgIpc) is 3.04. The average molecular weight is 289 g/mol. The van der Waals surface area contributed by atoms with Gasteiger partial charge in [-0.15, -0.1) is 0 Å². The minimum absolute atomic E-state index is 0.226. The fourth-order valence-electron chi connectivity index (χ4n) is 1.76. The van der Waals surface area contributed by atoms with Gasteiger partial charge in [0.15, 0.2) is 0 Å². The quantitative estimate of drug-likeness (QED) is 0.788. The highest BCUT2D eigenvalue weighted by Crippen LogP contribution is 2.28. The van der Waals surface area contributed by atoms with E-state index in [9.17, 15) is 4.79 Å². The molecule has 0 unspecified atom stereocenters. The Morgan fingerprint density at radius 2 is 2.05 bits per heavy atom. The highest BCUT2D eigenvalue weighted by atomic mass is 16.5. The van der Waals surface area contributed by atoms with Gasteiger partial charge >= 0.3 is 5.97 Å². The van der Waals surface area contributed by atoms with Crippen LogP contribution in [0.25, 0.3) is 12.2 Å². The van der Waals surface area contributed by atoms with E-state index in [-0.39, 0.29) is 5.56 Å². The van der Waals surface area contributed by atoms with Crippen LogP contribution < -0.4 is 9.47 Å². The van der Waals surface area contributed by atoms with Crippen LogP contribution in [-0.4, -0.2) is 32.3 Å². The van der Waals surface area contributed by atoms with Crippen molar-refractivity contribution < 1.29 is 23.4 Å². The Morgan fingerprint density at radius 3 is 2.62 bits per heavy atom. The molecule has 0 saturated heterocycles. The summed E-state index contributed by atoms with van der Waals surface area (Å²) in [6.07, 6.45) is 4.88. The third-order valence-electron chi connectivity index (χ3n) is 2.75. The van der Waals surface area contributed by atoms with E-state index in [1.54, 1.807) is 30.5 Å². The molecule has 0 saturated carbocycles. The van der Waals surface area contributed by atoms with Crippen molar-refractivity contribution in [2.45, 2.75) is 0 Å². The smallest absolute Gasteiger partial charge is 0.343 e. The number of hydrogen-bond acceptors (Lipinski definition) is 6. The van der Waals surface area contributed by atoms with E-state index < -0.39 is 5.97 Å². The van der Waals surface area contributed by atoms with Gasteiger partial charge in [0.25, 0.3) is 0 Å². The van der Waals surface area contributed by atoms with Crippen molar-refractivity contribution in [2.24, 2.45) is 0 Å². The van der Waals surface area contributed by atoms with Crippen molar-refractivity contribution in [1.29, 1.82) is 0 Å². The monoisotopic (exact) mass is 289 g/mol. The molecule has 0 aromatic carbocycles. The summed E-state index contributed by atoms with van der Waals surface area (Å²) in [5.41, 5.74) is 0.595. The van der Waals surface area contributed by atoms with Crippen molar-refractivity contribution in [3.63, 3.8) is 0 Å². The van der Waals surface area contributed by atoms with E-state index in [0.717, 1.165) is 0 Å². The molecule has 6 heteroatoms. The van der Waals surface area contributed by atoms with Crippen LogP contribution in [-0.2, 0) is 4.74 Å². The predicted molar refractivity (Wildman–Crippen MR) is 76.3 cm³/mol. The molecule has 2 aromatic rings. The van der Waals surface area contributed by atoms with Crippen LogP contribution >= 0.6 is 0 Å². The lowest BCUT2D eigenvalue weighted by molar-refractivity contribution is 0.0596. The normalized spacial score (nSPS) is 10.6. The molecule has 2 heterocycles. The SMILES string of the molecule is COC(=O)c1c(OC)cc(OC)nc1/C=C/c1ccco1. The van der Waals surface area contributed by atoms with Crippen LogP contribution in [0.3, 0.4) is 0 Å². The number of nitrogens with zero attached hydrogens (tertiary/aromatic N) is 1. The minimum atomic E-state index is -0.541. The molecule has 110 valence electrons. The lowest BCUT2D eigenvalue weighted by Crippen LogP contribution is -2.09. The van der Waals surface area contributed by atoms with Gasteiger partial charge in [-0.3, -0.25) is 0 Å². The van der Waals surface area contributed by atoms with Gasteiger partial charge in [-0.25, -0.2) is 9.78 Å². The van der Waals surface area contributed by atoms with E-state index in [4.69, 9.17) is 18.6 Å². The molecule has 2 aromatic heterocycles. The number of ether oxygens (including phenoxy) is 3. The number of aromatic nitrogens is 1. The standard InChI is InChI=1S/C15H15NO5/c1-18-12-9-13(19-2)16-11(14(12)15(17)20-3)7-6-10-5-4-8-21-10/h4-9H,1-3H3/b7-6+. The maximum absolute atomic E-state index is 11.9. The van der Waals surface area contributed by atoms with E-state index in [1.165, 1.54) is 27.4 Å². The van der Waals surface area contributed by atoms with Gasteiger partial charge in [-0.05, 0) is 24.3 Å². The zero-order chi connectivity index (χ0) is 15.2. The molecule has 0 aliphatic heterocycles. The second-order valence-corrected chi connectivity index (χ2v) is 3.97. The molecule has 0 radical (unpaired) electrons. The van der Waals surface area contributed by atoms with Crippen molar-refractivity contribution >= 4 is 18.1 Å². The van der Waals surface area contributed by atoms with Crippen LogP contribution in [0, 0.1) is 0 Å². The molecule has 0 atom stereocenters. The highest BCUT2D eigenvalue weighted by molar-refractivity contribution is 5.97. The highest BCUT2D eigenvalue weighted by Gasteiger charge is 2.20. The van der Waals surface area contributed by atoms with Crippen LogP contribution in [0.1, 0.15) is 21.8 Å². The predicted octanol–water partition coefficient (Wildman–Crippen LogP) is 2.65. The van der Waals surface area contributed by atoms with E-state index in [0.29, 0.717) is 23.1 Å². The first kappa shape index (κ1) is 14.6. The van der Waals surface area contributed by atoms with Gasteiger partial charge in [-0.1, -0.05) is 0 Å². The molecule has 0 bridgehead atoms. The second-order valence-electron chi connectivity index (χ2n) is 3.97. The number of methoxy groups -OCH3 is 3. The molecule has 0 N–H and O–H groups in total. The Hall–Kier alpha value is -2.76. The molecule has 0 spiro atoms. The summed E-state index contributed by atoms with van der Waals surface area (Å²) < 4.78 is 20.3. The zero-order valence-corrected chi connectivity index (χ0v) is 12.0. The number of furan rings is 1. The van der Waals surface area contributed by atoms with Crippen molar-refractivity contribution in [2.75, 3.05) is 21.3 Å². The summed E-state index contributed by atoms with van der Waals surface area (Å²) >= 11 is 0. The van der Waals surface area contributed by atoms with Crippen LogP contribution in [0.4, 0.5) is 0 Å². The number of carbonyl (C=O) groups excluding carboxylic acids is 1. The molecule has 0 fully saturated rings. The van der Waals surface area contributed by atoms with Crippen LogP contribution in [0.2, 0.25) is 0 Å². The molecular formula is C15H15NO5. The lowest BCUT2D eigenvalue weighted by Gasteiger charge is -2.11. The van der Waals surface area contributed by atoms with Crippen LogP contribution in [0.15, 0.2) is 28.9 Å². The molecule has 0 aliphatic rings. The molecule has 0 amide bonds. The van der Waals surface area contributed by atoms with E-state index in [2.05, 4.69) is 4.98 Å². The first-order chi connectivity index (χ1) is 10.2. The molecule has 2 rings (SSSR count). The van der Waals surface area contributed by atoms with Gasteiger partial charge in [0.05, 0.1) is 33.3 Å². The Balaban J connectivity index is 2.52. The van der Waals surface area contributed by atoms with Gasteiger partial charge in [-0.2, -0.15) is 0 Å². The molecule has 6 nitrogen and oxygen atoms in total. The molecular weight excluding hydrogens is 274 g/mol. The number of rotatable bonds is 5. The maximum Gasteiger partial charge on any atom is 0.343 e. The summed E-state index contributed by atoms with van der Waals surface area (Å²) in [5.74, 6) is 0.752. The third-order valence-corrected chi connectivity index (χ3v) is 2.75. The number of pyridine rings is 1. The fraction of sp³-hybridized carbons (Fsp3) is 0.200. The summed E-state index contributed by atoms with van der Waals surface area (Å²) in [6.45, 7) is 0. The van der Waals surface area contributed by atoms with Gasteiger partial charge in [0, 0.05) is 6.07 Å². The van der Waals surface area contributed by atoms with Gasteiger partial charge < -0.3 is 18.6 Å². The number of esters is 1. The van der Waals surface area contributed by atoms with E-state index in [1.807, 2.05) is 0 Å². The number of hydrogen-bond donors (Lipinski definition) is 0. The molecule has 0 aliphatic carbocycles. The Bertz CT molecular complexity index is 646. The van der Waals surface area contributed by atoms with Crippen LogP contribution in [0.5, 0.6) is 11.6 Å². The Labute approximate surface area is 122 Å². The summed E-state index contributed by atoms with van der Waals surface area (Å²) in [6, 6.07) is 5.07. The zero-order valence-electron chi connectivity index (χ0n) is 12.0. The topological polar surface area (TPSA) is 70.8 Å².